The maximum atomic E-state index is 9.00. The summed E-state index contributed by atoms with van der Waals surface area (Å²) in [6.45, 7) is 0.0125. The molecular weight excluding hydrogens is 283 g/mol. The maximum absolute atomic E-state index is 9.00. The lowest BCUT2D eigenvalue weighted by Gasteiger charge is -2.10. The summed E-state index contributed by atoms with van der Waals surface area (Å²) in [4.78, 5) is 0. The number of aliphatic hydroxyl groups is 1. The van der Waals surface area contributed by atoms with Gasteiger partial charge in [-0.2, -0.15) is 0 Å². The molecular formula is C9H11IO3. The monoisotopic (exact) mass is 294 g/mol. The van der Waals surface area contributed by atoms with Crippen LogP contribution < -0.4 is 9.47 Å². The standard InChI is InChI=1S/C9H11IO3/c1-12-8-3-6(5-11)7(10)4-9(8)13-2/h3-4,11H,5H2,1-2H3. The molecule has 0 amide bonds. The third-order valence-electron chi connectivity index (χ3n) is 1.72. The van der Waals surface area contributed by atoms with E-state index in [1.807, 2.05) is 6.07 Å². The molecule has 0 aliphatic carbocycles. The predicted octanol–water partition coefficient (Wildman–Crippen LogP) is 1.80. The van der Waals surface area contributed by atoms with Crippen molar-refractivity contribution in [3.05, 3.63) is 21.3 Å². The molecule has 0 aliphatic rings. The van der Waals surface area contributed by atoms with Crippen molar-refractivity contribution in [2.24, 2.45) is 0 Å². The van der Waals surface area contributed by atoms with Gasteiger partial charge in [-0.15, -0.1) is 0 Å². The summed E-state index contributed by atoms with van der Waals surface area (Å²) in [7, 11) is 3.17. The van der Waals surface area contributed by atoms with Gasteiger partial charge < -0.3 is 14.6 Å². The third-order valence-corrected chi connectivity index (χ3v) is 2.73. The van der Waals surface area contributed by atoms with E-state index in [0.717, 1.165) is 9.13 Å². The van der Waals surface area contributed by atoms with Crippen LogP contribution in [0.5, 0.6) is 11.5 Å². The van der Waals surface area contributed by atoms with Crippen LogP contribution in [-0.4, -0.2) is 19.3 Å². The van der Waals surface area contributed by atoms with Gasteiger partial charge in [0.25, 0.3) is 0 Å². The second kappa shape index (κ2) is 4.66. The van der Waals surface area contributed by atoms with E-state index in [1.54, 1.807) is 20.3 Å². The van der Waals surface area contributed by atoms with Crippen LogP contribution in [0.1, 0.15) is 5.56 Å². The fraction of sp³-hybridized carbons (Fsp3) is 0.333. The minimum atomic E-state index is 0.0125. The van der Waals surface area contributed by atoms with Crippen molar-refractivity contribution in [2.45, 2.75) is 6.61 Å². The van der Waals surface area contributed by atoms with Crippen LogP contribution in [0.2, 0.25) is 0 Å². The molecule has 13 heavy (non-hydrogen) atoms. The quantitative estimate of drug-likeness (QED) is 0.864. The second-order valence-corrected chi connectivity index (χ2v) is 3.62. The molecule has 1 aromatic rings. The van der Waals surface area contributed by atoms with Crippen LogP contribution in [0.4, 0.5) is 0 Å². The van der Waals surface area contributed by atoms with Crippen molar-refractivity contribution in [1.82, 2.24) is 0 Å². The lowest BCUT2D eigenvalue weighted by atomic mass is 10.2. The number of halogens is 1. The van der Waals surface area contributed by atoms with Crippen LogP contribution in [0.3, 0.4) is 0 Å². The summed E-state index contributed by atoms with van der Waals surface area (Å²) < 4.78 is 11.2. The zero-order valence-corrected chi connectivity index (χ0v) is 9.66. The van der Waals surface area contributed by atoms with E-state index in [1.165, 1.54) is 0 Å². The first-order valence-electron chi connectivity index (χ1n) is 3.74. The van der Waals surface area contributed by atoms with Gasteiger partial charge in [-0.3, -0.25) is 0 Å². The summed E-state index contributed by atoms with van der Waals surface area (Å²) in [5, 5.41) is 9.00. The van der Waals surface area contributed by atoms with E-state index in [4.69, 9.17) is 14.6 Å². The molecule has 0 saturated carbocycles. The fourth-order valence-electron chi connectivity index (χ4n) is 1.02. The molecule has 1 aromatic carbocycles. The van der Waals surface area contributed by atoms with Gasteiger partial charge in [0.2, 0.25) is 0 Å². The molecule has 0 spiro atoms. The highest BCUT2D eigenvalue weighted by Gasteiger charge is 2.07. The highest BCUT2D eigenvalue weighted by atomic mass is 127. The first-order chi connectivity index (χ1) is 6.22. The minimum absolute atomic E-state index is 0.0125. The van der Waals surface area contributed by atoms with Gasteiger partial charge in [0.05, 0.1) is 20.8 Å². The van der Waals surface area contributed by atoms with E-state index in [-0.39, 0.29) is 6.61 Å². The van der Waals surface area contributed by atoms with Crippen molar-refractivity contribution in [1.29, 1.82) is 0 Å². The number of ether oxygens (including phenoxy) is 2. The average molecular weight is 294 g/mol. The fourth-order valence-corrected chi connectivity index (χ4v) is 1.63. The van der Waals surface area contributed by atoms with E-state index >= 15 is 0 Å². The number of benzene rings is 1. The van der Waals surface area contributed by atoms with Crippen molar-refractivity contribution in [2.75, 3.05) is 14.2 Å². The van der Waals surface area contributed by atoms with E-state index in [2.05, 4.69) is 22.6 Å². The van der Waals surface area contributed by atoms with Gasteiger partial charge in [0.1, 0.15) is 0 Å². The van der Waals surface area contributed by atoms with Crippen LogP contribution >= 0.6 is 22.6 Å². The Morgan fingerprint density at radius 2 is 1.77 bits per heavy atom. The van der Waals surface area contributed by atoms with E-state index in [0.29, 0.717) is 11.5 Å². The summed E-state index contributed by atoms with van der Waals surface area (Å²) in [6.07, 6.45) is 0. The molecule has 3 nitrogen and oxygen atoms in total. The molecule has 72 valence electrons. The summed E-state index contributed by atoms with van der Waals surface area (Å²) >= 11 is 2.15. The number of aliphatic hydroxyl groups excluding tert-OH is 1. The van der Waals surface area contributed by atoms with E-state index in [9.17, 15) is 0 Å². The zero-order valence-electron chi connectivity index (χ0n) is 7.50. The van der Waals surface area contributed by atoms with E-state index < -0.39 is 0 Å². The zero-order chi connectivity index (χ0) is 9.84. The Balaban J connectivity index is 3.18. The average Bonchev–Trinajstić information content (AvgIpc) is 2.17. The van der Waals surface area contributed by atoms with Crippen LogP contribution in [-0.2, 0) is 6.61 Å². The molecule has 0 unspecified atom stereocenters. The Morgan fingerprint density at radius 3 is 2.23 bits per heavy atom. The summed E-state index contributed by atoms with van der Waals surface area (Å²) in [5.74, 6) is 1.33. The van der Waals surface area contributed by atoms with Gasteiger partial charge in [-0.1, -0.05) is 0 Å². The Labute approximate surface area is 90.8 Å². The topological polar surface area (TPSA) is 38.7 Å². The van der Waals surface area contributed by atoms with Gasteiger partial charge in [0.15, 0.2) is 11.5 Å². The Hall–Kier alpha value is -0.490. The third kappa shape index (κ3) is 2.25. The summed E-state index contributed by atoms with van der Waals surface area (Å²) in [5.41, 5.74) is 0.846. The lowest BCUT2D eigenvalue weighted by molar-refractivity contribution is 0.279. The molecule has 0 radical (unpaired) electrons. The van der Waals surface area contributed by atoms with Gasteiger partial charge >= 0.3 is 0 Å². The van der Waals surface area contributed by atoms with Crippen molar-refractivity contribution >= 4 is 22.6 Å². The molecule has 0 saturated heterocycles. The number of methoxy groups -OCH3 is 2. The number of hydrogen-bond acceptors (Lipinski definition) is 3. The molecule has 1 N–H and O–H groups in total. The molecule has 0 aromatic heterocycles. The number of hydrogen-bond donors (Lipinski definition) is 1. The first kappa shape index (κ1) is 10.6. The van der Waals surface area contributed by atoms with Crippen LogP contribution in [0, 0.1) is 3.57 Å². The lowest BCUT2D eigenvalue weighted by Crippen LogP contribution is -1.95. The molecule has 1 rings (SSSR count). The first-order valence-corrected chi connectivity index (χ1v) is 4.82. The predicted molar refractivity (Wildman–Crippen MR) is 58.2 cm³/mol. The Bertz CT molecular complexity index is 299. The molecule has 0 aliphatic heterocycles. The van der Waals surface area contributed by atoms with Gasteiger partial charge in [-0.25, -0.2) is 0 Å². The second-order valence-electron chi connectivity index (χ2n) is 2.46. The Morgan fingerprint density at radius 1 is 1.23 bits per heavy atom. The number of rotatable bonds is 3. The van der Waals surface area contributed by atoms with Crippen LogP contribution in [0.15, 0.2) is 12.1 Å². The highest BCUT2D eigenvalue weighted by Crippen LogP contribution is 2.31. The van der Waals surface area contributed by atoms with Crippen LogP contribution in [0.25, 0.3) is 0 Å². The van der Waals surface area contributed by atoms with Crippen molar-refractivity contribution in [3.8, 4) is 11.5 Å². The Kier molecular flexibility index (Phi) is 3.80. The molecule has 0 atom stereocenters. The van der Waals surface area contributed by atoms with Crippen molar-refractivity contribution < 1.29 is 14.6 Å². The highest BCUT2D eigenvalue weighted by molar-refractivity contribution is 14.1. The van der Waals surface area contributed by atoms with Gasteiger partial charge in [-0.05, 0) is 40.3 Å². The largest absolute Gasteiger partial charge is 0.493 e. The molecule has 0 heterocycles. The maximum Gasteiger partial charge on any atom is 0.161 e. The minimum Gasteiger partial charge on any atom is -0.493 e. The summed E-state index contributed by atoms with van der Waals surface area (Å²) in [6, 6.07) is 3.62. The smallest absolute Gasteiger partial charge is 0.161 e. The SMILES string of the molecule is COc1cc(I)c(CO)cc1OC. The normalized spacial score (nSPS) is 9.85. The van der Waals surface area contributed by atoms with Gasteiger partial charge in [0, 0.05) is 3.57 Å². The van der Waals surface area contributed by atoms with Crippen molar-refractivity contribution in [3.63, 3.8) is 0 Å². The molecule has 0 bridgehead atoms. The molecule has 0 fully saturated rings. The molecule has 4 heteroatoms.